The number of fused-ring (bicyclic) bond motifs is 1. The number of aryl methyl sites for hydroxylation is 1. The van der Waals surface area contributed by atoms with Crippen molar-refractivity contribution in [3.63, 3.8) is 0 Å². The van der Waals surface area contributed by atoms with Crippen LogP contribution in [-0.4, -0.2) is 22.7 Å². The van der Waals surface area contributed by atoms with Gasteiger partial charge in [0.2, 0.25) is 0 Å². The molecule has 1 aromatic heterocycles. The highest BCUT2D eigenvalue weighted by atomic mass is 16.5. The first kappa shape index (κ1) is 13.9. The molecule has 0 atom stereocenters. The molecule has 1 aromatic carbocycles. The summed E-state index contributed by atoms with van der Waals surface area (Å²) in [6.45, 7) is 6.51. The maximum Gasteiger partial charge on any atom is 0.121 e. The van der Waals surface area contributed by atoms with Gasteiger partial charge < -0.3 is 15.0 Å². The van der Waals surface area contributed by atoms with Crippen molar-refractivity contribution in [3.05, 3.63) is 24.0 Å². The van der Waals surface area contributed by atoms with Crippen molar-refractivity contribution in [3.8, 4) is 5.75 Å². The van der Waals surface area contributed by atoms with Crippen molar-refractivity contribution in [2.45, 2.75) is 39.7 Å². The molecule has 0 aliphatic heterocycles. The summed E-state index contributed by atoms with van der Waals surface area (Å²) in [7, 11) is 0. The van der Waals surface area contributed by atoms with Crippen LogP contribution in [-0.2, 0) is 13.0 Å². The van der Waals surface area contributed by atoms with Crippen LogP contribution in [0.3, 0.4) is 0 Å². The molecule has 0 aliphatic carbocycles. The Balaban J connectivity index is 2.40. The fourth-order valence-corrected chi connectivity index (χ4v) is 2.30. The molecule has 0 amide bonds. The van der Waals surface area contributed by atoms with Gasteiger partial charge in [0.25, 0.3) is 0 Å². The van der Waals surface area contributed by atoms with Crippen LogP contribution in [0.5, 0.6) is 5.75 Å². The average Bonchev–Trinajstić information content (AvgIpc) is 2.74. The van der Waals surface area contributed by atoms with Crippen molar-refractivity contribution in [1.29, 1.82) is 0 Å². The van der Waals surface area contributed by atoms with E-state index in [9.17, 15) is 0 Å². The summed E-state index contributed by atoms with van der Waals surface area (Å²) in [5, 5.41) is 0. The van der Waals surface area contributed by atoms with Gasteiger partial charge in [0.15, 0.2) is 0 Å². The molecule has 0 fully saturated rings. The van der Waals surface area contributed by atoms with Crippen LogP contribution in [0, 0.1) is 0 Å². The van der Waals surface area contributed by atoms with Crippen LogP contribution in [0.4, 0.5) is 0 Å². The fourth-order valence-electron chi connectivity index (χ4n) is 2.30. The Bertz CT molecular complexity index is 533. The molecule has 0 radical (unpaired) electrons. The van der Waals surface area contributed by atoms with E-state index in [1.165, 1.54) is 11.9 Å². The first-order chi connectivity index (χ1) is 9.30. The number of nitrogens with zero attached hydrogens (tertiary/aromatic N) is 2. The lowest BCUT2D eigenvalue weighted by molar-refractivity contribution is 0.340. The van der Waals surface area contributed by atoms with E-state index in [0.29, 0.717) is 13.2 Å². The Kier molecular flexibility index (Phi) is 4.80. The molecule has 0 unspecified atom stereocenters. The maximum atomic E-state index is 5.68. The summed E-state index contributed by atoms with van der Waals surface area (Å²) in [4.78, 5) is 4.70. The van der Waals surface area contributed by atoms with Gasteiger partial charge in [-0.3, -0.25) is 0 Å². The molecule has 0 bridgehead atoms. The third-order valence-electron chi connectivity index (χ3n) is 3.21. The number of unbranched alkanes of at least 4 members (excludes halogenated alkanes) is 1. The zero-order valence-electron chi connectivity index (χ0n) is 11.9. The molecule has 0 saturated heterocycles. The molecule has 4 heteroatoms. The monoisotopic (exact) mass is 261 g/mol. The molecule has 1 heterocycles. The number of rotatable bonds is 7. The Morgan fingerprint density at radius 3 is 2.84 bits per heavy atom. The van der Waals surface area contributed by atoms with E-state index in [-0.39, 0.29) is 0 Å². The standard InChI is InChI=1S/C15H23N3O/c1-3-5-10-18-14-7-6-12(19-4-2)11-13(14)17-15(18)8-9-16/h6-7,11H,3-5,8-10,16H2,1-2H3. The van der Waals surface area contributed by atoms with E-state index in [0.717, 1.165) is 36.5 Å². The molecule has 104 valence electrons. The molecule has 2 N–H and O–H groups in total. The minimum Gasteiger partial charge on any atom is -0.494 e. The molecule has 0 spiro atoms. The summed E-state index contributed by atoms with van der Waals surface area (Å²) < 4.78 is 7.82. The fraction of sp³-hybridized carbons (Fsp3) is 0.533. The van der Waals surface area contributed by atoms with Gasteiger partial charge in [0.05, 0.1) is 17.6 Å². The molecular formula is C15H23N3O. The van der Waals surface area contributed by atoms with Gasteiger partial charge in [-0.05, 0) is 32.0 Å². The predicted octanol–water partition coefficient (Wildman–Crippen LogP) is 2.74. The van der Waals surface area contributed by atoms with Gasteiger partial charge >= 0.3 is 0 Å². The van der Waals surface area contributed by atoms with E-state index in [2.05, 4.69) is 17.6 Å². The summed E-state index contributed by atoms with van der Waals surface area (Å²) in [5.41, 5.74) is 7.87. The number of nitrogens with two attached hydrogens (primary N) is 1. The Morgan fingerprint density at radius 1 is 1.32 bits per heavy atom. The number of ether oxygens (including phenoxy) is 1. The van der Waals surface area contributed by atoms with Crippen LogP contribution in [0.1, 0.15) is 32.5 Å². The van der Waals surface area contributed by atoms with Gasteiger partial charge in [-0.15, -0.1) is 0 Å². The maximum absolute atomic E-state index is 5.68. The predicted molar refractivity (Wildman–Crippen MR) is 78.6 cm³/mol. The molecule has 2 rings (SSSR count). The second-order valence-corrected chi connectivity index (χ2v) is 4.66. The lowest BCUT2D eigenvalue weighted by Gasteiger charge is -2.08. The second-order valence-electron chi connectivity index (χ2n) is 4.66. The van der Waals surface area contributed by atoms with Gasteiger partial charge in [-0.1, -0.05) is 13.3 Å². The number of hydrogen-bond donors (Lipinski definition) is 1. The minimum absolute atomic E-state index is 0.633. The number of benzene rings is 1. The first-order valence-corrected chi connectivity index (χ1v) is 7.12. The van der Waals surface area contributed by atoms with E-state index in [1.807, 2.05) is 19.1 Å². The molecule has 2 aromatic rings. The number of imidazole rings is 1. The van der Waals surface area contributed by atoms with Crippen molar-refractivity contribution in [2.24, 2.45) is 5.73 Å². The summed E-state index contributed by atoms with van der Waals surface area (Å²) in [5.74, 6) is 1.97. The van der Waals surface area contributed by atoms with Gasteiger partial charge in [0.1, 0.15) is 11.6 Å². The van der Waals surface area contributed by atoms with Gasteiger partial charge in [0, 0.05) is 19.0 Å². The highest BCUT2D eigenvalue weighted by Crippen LogP contribution is 2.22. The molecule has 19 heavy (non-hydrogen) atoms. The largest absolute Gasteiger partial charge is 0.494 e. The number of hydrogen-bond acceptors (Lipinski definition) is 3. The lowest BCUT2D eigenvalue weighted by Crippen LogP contribution is -2.10. The first-order valence-electron chi connectivity index (χ1n) is 7.12. The van der Waals surface area contributed by atoms with E-state index >= 15 is 0 Å². The second kappa shape index (κ2) is 6.57. The number of aromatic nitrogens is 2. The van der Waals surface area contributed by atoms with Crippen LogP contribution < -0.4 is 10.5 Å². The van der Waals surface area contributed by atoms with E-state index in [1.54, 1.807) is 0 Å². The van der Waals surface area contributed by atoms with Crippen molar-refractivity contribution in [1.82, 2.24) is 9.55 Å². The third-order valence-corrected chi connectivity index (χ3v) is 3.21. The highest BCUT2D eigenvalue weighted by molar-refractivity contribution is 5.77. The molecular weight excluding hydrogens is 238 g/mol. The van der Waals surface area contributed by atoms with Crippen molar-refractivity contribution in [2.75, 3.05) is 13.2 Å². The highest BCUT2D eigenvalue weighted by Gasteiger charge is 2.10. The van der Waals surface area contributed by atoms with Gasteiger partial charge in [-0.2, -0.15) is 0 Å². The average molecular weight is 261 g/mol. The Morgan fingerprint density at radius 2 is 2.16 bits per heavy atom. The molecule has 0 saturated carbocycles. The smallest absolute Gasteiger partial charge is 0.121 e. The molecule has 4 nitrogen and oxygen atoms in total. The topological polar surface area (TPSA) is 53.1 Å². The quantitative estimate of drug-likeness (QED) is 0.833. The summed E-state index contributed by atoms with van der Waals surface area (Å²) in [6.07, 6.45) is 3.16. The van der Waals surface area contributed by atoms with E-state index < -0.39 is 0 Å². The van der Waals surface area contributed by atoms with E-state index in [4.69, 9.17) is 15.5 Å². The Labute approximate surface area is 114 Å². The lowest BCUT2D eigenvalue weighted by atomic mass is 10.2. The van der Waals surface area contributed by atoms with Gasteiger partial charge in [-0.25, -0.2) is 4.98 Å². The normalized spacial score (nSPS) is 11.1. The third kappa shape index (κ3) is 3.07. The van der Waals surface area contributed by atoms with Crippen LogP contribution in [0.15, 0.2) is 18.2 Å². The Hall–Kier alpha value is -1.55. The zero-order valence-corrected chi connectivity index (χ0v) is 11.9. The summed E-state index contributed by atoms with van der Waals surface area (Å²) >= 11 is 0. The minimum atomic E-state index is 0.633. The van der Waals surface area contributed by atoms with Crippen LogP contribution >= 0.6 is 0 Å². The summed E-state index contributed by atoms with van der Waals surface area (Å²) in [6, 6.07) is 6.13. The van der Waals surface area contributed by atoms with Crippen molar-refractivity contribution >= 4 is 11.0 Å². The SMILES string of the molecule is CCCCn1c(CCN)nc2cc(OCC)ccc21. The van der Waals surface area contributed by atoms with Crippen LogP contribution in [0.2, 0.25) is 0 Å². The zero-order chi connectivity index (χ0) is 13.7. The molecule has 0 aliphatic rings. The van der Waals surface area contributed by atoms with Crippen molar-refractivity contribution < 1.29 is 4.74 Å². The van der Waals surface area contributed by atoms with Crippen LogP contribution in [0.25, 0.3) is 11.0 Å².